The number of halogens is 6. The lowest BCUT2D eigenvalue weighted by atomic mass is 9.97. The summed E-state index contributed by atoms with van der Waals surface area (Å²) >= 11 is 2.08. The Hall–Kier alpha value is -8.10. The molecule has 0 saturated carbocycles. The van der Waals surface area contributed by atoms with Crippen molar-refractivity contribution in [1.82, 2.24) is 79.9 Å². The average Bonchev–Trinajstić information content (AvgIpc) is 1.76. The number of carbonyl (C=O) groups is 2. The fourth-order valence-corrected chi connectivity index (χ4v) is 13.7. The first kappa shape index (κ1) is 73.2. The van der Waals surface area contributed by atoms with Crippen molar-refractivity contribution in [2.24, 2.45) is 0 Å². The number of rotatable bonds is 20. The van der Waals surface area contributed by atoms with Crippen LogP contribution in [-0.2, 0) is 42.7 Å². The highest BCUT2D eigenvalue weighted by Crippen LogP contribution is 2.44. The molecule has 4 fully saturated rings. The van der Waals surface area contributed by atoms with Crippen LogP contribution in [0.3, 0.4) is 0 Å². The number of aliphatic hydroxyl groups is 6. The minimum atomic E-state index is -1.67. The molecule has 2 aromatic carbocycles. The molecule has 4 aliphatic rings. The lowest BCUT2D eigenvalue weighted by molar-refractivity contribution is -0.197. The Balaban J connectivity index is 0.000000223. The number of aliphatic carboxylic acids is 1. The number of thioether (sulfide) groups is 2. The van der Waals surface area contributed by atoms with Crippen LogP contribution in [0.4, 0.5) is 26.3 Å². The van der Waals surface area contributed by atoms with Gasteiger partial charge in [0.15, 0.2) is 34.9 Å². The van der Waals surface area contributed by atoms with Gasteiger partial charge in [-0.25, -0.2) is 74.6 Å². The van der Waals surface area contributed by atoms with Crippen molar-refractivity contribution in [2.45, 2.75) is 109 Å². The van der Waals surface area contributed by atoms with E-state index >= 15 is 0 Å². The second-order valence-electron chi connectivity index (χ2n) is 21.6. The van der Waals surface area contributed by atoms with Gasteiger partial charge < -0.3 is 68.9 Å². The molecule has 8 aromatic rings. The highest BCUT2D eigenvalue weighted by Gasteiger charge is 2.52. The molecule has 0 amide bonds. The molecule has 4 aliphatic heterocycles. The molecule has 0 bridgehead atoms. The minimum Gasteiger partial charge on any atom is -0.480 e. The van der Waals surface area contributed by atoms with Crippen molar-refractivity contribution >= 4 is 35.5 Å². The number of benzene rings is 2. The lowest BCUT2D eigenvalue weighted by Gasteiger charge is -2.45. The number of aliphatic hydroxyl groups excluding tert-OH is 6. The van der Waals surface area contributed by atoms with E-state index in [1.54, 1.807) is 37.2 Å². The smallest absolute Gasteiger partial charge is 0.331 e. The van der Waals surface area contributed by atoms with Gasteiger partial charge in [0.1, 0.15) is 120 Å². The molecule has 0 aliphatic carbocycles. The van der Waals surface area contributed by atoms with Crippen LogP contribution in [-0.4, -0.2) is 258 Å². The molecule has 522 valence electrons. The summed E-state index contributed by atoms with van der Waals surface area (Å²) in [6.45, 7) is -2.44. The molecular formula is C57H64F6N16O16S2. The summed E-state index contributed by atoms with van der Waals surface area (Å²) in [7, 11) is 1.16. The van der Waals surface area contributed by atoms with Crippen LogP contribution < -0.4 is 0 Å². The van der Waals surface area contributed by atoms with Gasteiger partial charge in [0, 0.05) is 47.0 Å². The third-order valence-corrected chi connectivity index (χ3v) is 18.4. The van der Waals surface area contributed by atoms with Gasteiger partial charge in [-0.15, -0.1) is 43.9 Å². The van der Waals surface area contributed by atoms with Crippen LogP contribution in [0.2, 0.25) is 0 Å². The molecule has 16 unspecified atom stereocenters. The highest BCUT2D eigenvalue weighted by molar-refractivity contribution is 8.00. The van der Waals surface area contributed by atoms with Gasteiger partial charge in [0.05, 0.1) is 94.2 Å². The molecule has 0 radical (unpaired) electrons. The first-order chi connectivity index (χ1) is 45.8. The van der Waals surface area contributed by atoms with Crippen LogP contribution in [0.5, 0.6) is 0 Å². The fourth-order valence-electron chi connectivity index (χ4n) is 10.8. The quantitative estimate of drug-likeness (QED) is 0.0325. The second-order valence-corrected chi connectivity index (χ2v) is 24.3. The van der Waals surface area contributed by atoms with E-state index in [9.17, 15) is 71.7 Å². The van der Waals surface area contributed by atoms with E-state index in [4.69, 9.17) is 33.2 Å². The molecule has 97 heavy (non-hydrogen) atoms. The lowest BCUT2D eigenvalue weighted by Crippen LogP contribution is -2.57. The van der Waals surface area contributed by atoms with Crippen molar-refractivity contribution in [3.63, 3.8) is 0 Å². The third-order valence-electron chi connectivity index (χ3n) is 15.6. The van der Waals surface area contributed by atoms with Crippen molar-refractivity contribution in [2.75, 3.05) is 60.0 Å². The second kappa shape index (κ2) is 32.5. The van der Waals surface area contributed by atoms with E-state index in [0.717, 1.165) is 52.1 Å². The number of carboxylic acid groups (broad SMARTS) is 1. The molecule has 6 aromatic heterocycles. The topological polar surface area (TPSA) is 415 Å². The molecule has 40 heteroatoms. The summed E-state index contributed by atoms with van der Waals surface area (Å²) in [6, 6.07) is -0.917. The number of carbonyl (C=O) groups excluding carboxylic acids is 1. The molecule has 32 nitrogen and oxygen atoms in total. The maximum absolute atomic E-state index is 14.0. The van der Waals surface area contributed by atoms with E-state index < -0.39 is 168 Å². The monoisotopic (exact) mass is 1410 g/mol. The molecular weight excluding hydrogens is 1340 g/mol. The molecule has 10 heterocycles. The van der Waals surface area contributed by atoms with E-state index in [2.05, 4.69) is 61.2 Å². The van der Waals surface area contributed by atoms with E-state index in [1.165, 1.54) is 34.4 Å². The maximum atomic E-state index is 14.0. The summed E-state index contributed by atoms with van der Waals surface area (Å²) in [5, 5.41) is 106. The standard InChI is InChI=1S/C28H29F3N8O8S.C27H27F3N8O8S.2CH4/c1-44-22(41)11-46-27-24(39-7-17(34-37-39)13-2-15(29)23(31)16(30)3-13)26(43)20(8-40)47-28(27)48-21-10-45-9-19(25(21)42)38-6-18(35-36-38)14-4-32-12-33-5-14;28-14-1-12(2-15(29)22(14)30)16-6-38(36-33-16)23-25(43)19(7-39)46-27(26(23)45-10-21(40)41)47-20-9-44-8-18(24(20)42)37-5-17(34-35-37)13-3-31-11-32-4-13;;/h2-7,12,19-21,24-28,40,42-43H,8-11H2,1H3;1-6,11,18-20,23-27,39,42-43H,7-10H2,(H,40,41);2*1H4. The number of hydrogen-bond acceptors (Lipinski definition) is 29. The van der Waals surface area contributed by atoms with Gasteiger partial charge in [-0.1, -0.05) is 35.7 Å². The fraction of sp³-hybridized carbons (Fsp3) is 0.474. The summed E-state index contributed by atoms with van der Waals surface area (Å²) in [4.78, 5) is 39.5. The number of methoxy groups -OCH3 is 1. The largest absolute Gasteiger partial charge is 0.480 e. The zero-order valence-electron chi connectivity index (χ0n) is 49.0. The van der Waals surface area contributed by atoms with Crippen LogP contribution >= 0.6 is 23.5 Å². The number of esters is 1. The Kier molecular flexibility index (Phi) is 24.5. The van der Waals surface area contributed by atoms with Gasteiger partial charge in [0.2, 0.25) is 0 Å². The van der Waals surface area contributed by atoms with Gasteiger partial charge in [-0.05, 0) is 24.3 Å². The van der Waals surface area contributed by atoms with Crippen molar-refractivity contribution in [3.8, 4) is 45.0 Å². The number of aromatic nitrogens is 16. The number of nitrogens with zero attached hydrogens (tertiary/aromatic N) is 16. The summed E-state index contributed by atoms with van der Waals surface area (Å²) in [5.41, 5.74) is -0.495. The Morgan fingerprint density at radius 3 is 1.24 bits per heavy atom. The van der Waals surface area contributed by atoms with Crippen LogP contribution in [0.15, 0.2) is 86.5 Å². The summed E-state index contributed by atoms with van der Waals surface area (Å²) in [6.07, 6.45) is 4.53. The van der Waals surface area contributed by atoms with Crippen LogP contribution in [0.25, 0.3) is 45.0 Å². The molecule has 16 atom stereocenters. The van der Waals surface area contributed by atoms with Gasteiger partial charge in [-0.3, -0.25) is 0 Å². The van der Waals surface area contributed by atoms with Crippen molar-refractivity contribution < 1.29 is 105 Å². The molecule has 7 N–H and O–H groups in total. The first-order valence-electron chi connectivity index (χ1n) is 28.5. The van der Waals surface area contributed by atoms with Crippen LogP contribution in [0.1, 0.15) is 39.0 Å². The van der Waals surface area contributed by atoms with Crippen molar-refractivity contribution in [3.05, 3.63) is 121 Å². The SMILES string of the molecule is C.C.COC(=O)COC1C(SC2COCC(n3cc(-c4cncnc4)nn3)C2O)OC(CO)C(O)C1n1cc(-c2cc(F)c(F)c(F)c2)nn1.O=C(O)COC1C(SC2COCC(n3cc(-c4cncnc4)nn3)C2O)OC(CO)C(O)C1n1cc(-c2cc(F)c(F)c(F)c2)nn1. The Bertz CT molecular complexity index is 3870. The maximum Gasteiger partial charge on any atom is 0.331 e. The summed E-state index contributed by atoms with van der Waals surface area (Å²) in [5.74, 6) is -11.2. The van der Waals surface area contributed by atoms with E-state index in [1.807, 2.05) is 0 Å². The Morgan fingerprint density at radius 2 is 0.876 bits per heavy atom. The Morgan fingerprint density at radius 1 is 0.526 bits per heavy atom. The minimum absolute atomic E-state index is 0. The van der Waals surface area contributed by atoms with E-state index in [-0.39, 0.29) is 63.8 Å². The van der Waals surface area contributed by atoms with Gasteiger partial charge >= 0.3 is 11.9 Å². The van der Waals surface area contributed by atoms with E-state index in [0.29, 0.717) is 34.6 Å². The first-order valence-corrected chi connectivity index (χ1v) is 30.4. The van der Waals surface area contributed by atoms with Gasteiger partial charge in [0.25, 0.3) is 0 Å². The van der Waals surface area contributed by atoms with Crippen LogP contribution in [0, 0.1) is 34.9 Å². The zero-order chi connectivity index (χ0) is 67.2. The normalized spacial score (nSPS) is 27.2. The highest BCUT2D eigenvalue weighted by atomic mass is 32.2. The van der Waals surface area contributed by atoms with Crippen molar-refractivity contribution in [1.29, 1.82) is 0 Å². The average molecular weight is 1410 g/mol. The predicted octanol–water partition coefficient (Wildman–Crippen LogP) is 1.83. The third kappa shape index (κ3) is 16.2. The summed E-state index contributed by atoms with van der Waals surface area (Å²) < 4.78 is 128. The van der Waals surface area contributed by atoms with Gasteiger partial charge in [-0.2, -0.15) is 0 Å². The number of ether oxygens (including phenoxy) is 7. The Labute approximate surface area is 553 Å². The molecule has 0 spiro atoms. The predicted molar refractivity (Wildman–Crippen MR) is 321 cm³/mol. The zero-order valence-corrected chi connectivity index (χ0v) is 50.7. The molecule has 4 saturated heterocycles. The molecule has 12 rings (SSSR count). The number of hydrogen-bond donors (Lipinski definition) is 7. The number of carboxylic acids is 1.